The zero-order valence-corrected chi connectivity index (χ0v) is 17.5. The first-order chi connectivity index (χ1) is 10.5. The third-order valence-electron chi connectivity index (χ3n) is 4.33. The van der Waals surface area contributed by atoms with Gasteiger partial charge < -0.3 is 0 Å². The predicted octanol–water partition coefficient (Wildman–Crippen LogP) is 5.63. The zero-order chi connectivity index (χ0) is 15.7. The predicted molar refractivity (Wildman–Crippen MR) is 106 cm³/mol. The second-order valence-corrected chi connectivity index (χ2v) is 10.4. The number of hydrogen-bond donors (Lipinski definition) is 0. The summed E-state index contributed by atoms with van der Waals surface area (Å²) in [5.74, 6) is 0. The van der Waals surface area contributed by atoms with Crippen LogP contribution in [0, 0.1) is 5.41 Å². The van der Waals surface area contributed by atoms with Gasteiger partial charge in [0.1, 0.15) is 0 Å². The van der Waals surface area contributed by atoms with Gasteiger partial charge in [0.15, 0.2) is 0 Å². The summed E-state index contributed by atoms with van der Waals surface area (Å²) >= 11 is 2.93. The van der Waals surface area contributed by atoms with Gasteiger partial charge in [-0.05, 0) is 0 Å². The van der Waals surface area contributed by atoms with Crippen LogP contribution in [0.3, 0.4) is 0 Å². The van der Waals surface area contributed by atoms with E-state index in [1.807, 2.05) is 0 Å². The first-order valence-electron chi connectivity index (χ1n) is 8.22. The molecule has 0 N–H and O–H groups in total. The summed E-state index contributed by atoms with van der Waals surface area (Å²) in [5, 5.41) is 0. The van der Waals surface area contributed by atoms with Crippen LogP contribution in [0.1, 0.15) is 64.0 Å². The van der Waals surface area contributed by atoms with Crippen LogP contribution in [0.2, 0.25) is 0 Å². The number of benzene rings is 1. The molecule has 1 fully saturated rings. The molecule has 1 nitrogen and oxygen atoms in total. The molecule has 1 aromatic carbocycles. The molecule has 0 radical (unpaired) electrons. The summed E-state index contributed by atoms with van der Waals surface area (Å²) in [6.45, 7) is 6.95. The fraction of sp³-hybridized carbons (Fsp3) is 0.526. The third kappa shape index (κ3) is 3.52. The van der Waals surface area contributed by atoms with Crippen molar-refractivity contribution in [1.29, 1.82) is 0 Å². The molecule has 0 bridgehead atoms. The topological polar surface area (TPSA) is 12.4 Å². The Morgan fingerprint density at radius 1 is 1.09 bits per heavy atom. The summed E-state index contributed by atoms with van der Waals surface area (Å²) < 4.78 is 4.46. The molecule has 0 atom stereocenters. The molecule has 22 heavy (non-hydrogen) atoms. The maximum atomic E-state index is 5.20. The van der Waals surface area contributed by atoms with Crippen molar-refractivity contribution in [2.24, 2.45) is 10.4 Å². The van der Waals surface area contributed by atoms with E-state index in [-0.39, 0.29) is 5.41 Å². The molecule has 1 aliphatic heterocycles. The Morgan fingerprint density at radius 3 is 2.36 bits per heavy atom. The number of halogens is 1. The second-order valence-electron chi connectivity index (χ2n) is 7.27. The summed E-state index contributed by atoms with van der Waals surface area (Å²) in [6, 6.07) is 9.48. The van der Waals surface area contributed by atoms with Gasteiger partial charge in [0.05, 0.1) is 0 Å². The normalized spacial score (nSPS) is 23.7. The number of aliphatic imine (C=N–C) groups is 1. The van der Waals surface area contributed by atoms with Gasteiger partial charge in [0, 0.05) is 0 Å². The number of fused-ring (bicyclic) bond motifs is 1. The third-order valence-corrected chi connectivity index (χ3v) is 9.72. The van der Waals surface area contributed by atoms with E-state index in [0.717, 1.165) is 0 Å². The zero-order valence-electron chi connectivity index (χ0n) is 13.7. The van der Waals surface area contributed by atoms with Crippen molar-refractivity contribution < 1.29 is 0 Å². The fourth-order valence-corrected chi connectivity index (χ4v) is 6.78. The van der Waals surface area contributed by atoms with Gasteiger partial charge in [-0.25, -0.2) is 0 Å². The van der Waals surface area contributed by atoms with Gasteiger partial charge in [-0.15, -0.1) is 0 Å². The number of rotatable bonds is 1. The van der Waals surface area contributed by atoms with E-state index >= 15 is 0 Å². The van der Waals surface area contributed by atoms with Crippen LogP contribution in [-0.4, -0.2) is 25.6 Å². The van der Waals surface area contributed by atoms with E-state index in [2.05, 4.69) is 67.6 Å². The Hall–Kier alpha value is -0.121. The van der Waals surface area contributed by atoms with Crippen LogP contribution in [-0.2, 0) is 0 Å². The van der Waals surface area contributed by atoms with Gasteiger partial charge in [0.25, 0.3) is 0 Å². The average Bonchev–Trinajstić information content (AvgIpc) is 2.85. The Balaban J connectivity index is 2.01. The molecular weight excluding hydrogens is 448 g/mol. The van der Waals surface area contributed by atoms with E-state index < -0.39 is 0 Å². The van der Waals surface area contributed by atoms with Gasteiger partial charge in [0.2, 0.25) is 0 Å². The SMILES string of the molecule is CC(C)(C)/C(I)=C1/[Se]C(=NC2CCCCC2)c2ccccc21. The molecular formula is C19H24INSe. The first-order valence-corrected chi connectivity index (χ1v) is 11.0. The van der Waals surface area contributed by atoms with Crippen LogP contribution in [0.15, 0.2) is 32.8 Å². The summed E-state index contributed by atoms with van der Waals surface area (Å²) in [4.78, 5) is 5.20. The molecule has 0 spiro atoms. The summed E-state index contributed by atoms with van der Waals surface area (Å²) in [7, 11) is 0. The average molecular weight is 472 g/mol. The van der Waals surface area contributed by atoms with E-state index in [1.165, 1.54) is 51.4 Å². The monoisotopic (exact) mass is 473 g/mol. The Bertz CT molecular complexity index is 619. The van der Waals surface area contributed by atoms with Crippen molar-refractivity contribution in [3.8, 4) is 0 Å². The number of hydrogen-bond acceptors (Lipinski definition) is 1. The number of nitrogens with zero attached hydrogens (tertiary/aromatic N) is 1. The Labute approximate surface area is 154 Å². The van der Waals surface area contributed by atoms with Crippen LogP contribution >= 0.6 is 22.6 Å². The van der Waals surface area contributed by atoms with Gasteiger partial charge >= 0.3 is 155 Å². The standard InChI is InChI=1S/C19H24INSe/c1-19(2,3)17(20)16-14-11-7-8-12-15(14)18(22-16)21-13-9-5-4-6-10-13/h7-8,11-13H,4-6,9-10H2,1-3H3/b17-16-,21-18?. The quantitative estimate of drug-likeness (QED) is 0.371. The molecule has 1 heterocycles. The van der Waals surface area contributed by atoms with E-state index in [0.29, 0.717) is 21.0 Å². The van der Waals surface area contributed by atoms with E-state index in [9.17, 15) is 0 Å². The molecule has 3 heteroatoms. The maximum absolute atomic E-state index is 5.20. The van der Waals surface area contributed by atoms with Crippen molar-refractivity contribution in [1.82, 2.24) is 0 Å². The van der Waals surface area contributed by atoms with Gasteiger partial charge in [-0.3, -0.25) is 0 Å². The summed E-state index contributed by atoms with van der Waals surface area (Å²) in [5.41, 5.74) is 3.07. The van der Waals surface area contributed by atoms with Crippen molar-refractivity contribution in [2.45, 2.75) is 58.9 Å². The number of allylic oxidation sites excluding steroid dienone is 1. The fourth-order valence-electron chi connectivity index (χ4n) is 3.05. The summed E-state index contributed by atoms with van der Waals surface area (Å²) in [6.07, 6.45) is 6.70. The molecule has 3 rings (SSSR count). The van der Waals surface area contributed by atoms with Crippen LogP contribution in [0.25, 0.3) is 4.47 Å². The molecule has 1 aliphatic carbocycles. The molecule has 0 aromatic heterocycles. The molecule has 1 saturated carbocycles. The second kappa shape index (κ2) is 6.78. The minimum absolute atomic E-state index is 0.227. The Morgan fingerprint density at radius 2 is 1.73 bits per heavy atom. The molecule has 0 saturated heterocycles. The molecule has 118 valence electrons. The van der Waals surface area contributed by atoms with Crippen molar-refractivity contribution in [3.63, 3.8) is 0 Å². The molecule has 2 aliphatic rings. The van der Waals surface area contributed by atoms with Crippen LogP contribution in [0.5, 0.6) is 0 Å². The van der Waals surface area contributed by atoms with E-state index in [4.69, 9.17) is 4.99 Å². The Kier molecular flexibility index (Phi) is 5.16. The van der Waals surface area contributed by atoms with Crippen LogP contribution < -0.4 is 0 Å². The minimum atomic E-state index is 0.227. The van der Waals surface area contributed by atoms with Crippen LogP contribution in [0.4, 0.5) is 0 Å². The van der Waals surface area contributed by atoms with Crippen molar-refractivity contribution in [3.05, 3.63) is 39.0 Å². The molecule has 1 aromatic rings. The molecule has 0 unspecified atom stereocenters. The van der Waals surface area contributed by atoms with Gasteiger partial charge in [-0.2, -0.15) is 0 Å². The van der Waals surface area contributed by atoms with Crippen molar-refractivity contribution in [2.75, 3.05) is 0 Å². The van der Waals surface area contributed by atoms with Gasteiger partial charge in [-0.1, -0.05) is 0 Å². The molecule has 0 amide bonds. The van der Waals surface area contributed by atoms with Crippen molar-refractivity contribution >= 4 is 46.6 Å². The van der Waals surface area contributed by atoms with E-state index in [1.54, 1.807) is 4.47 Å². The first kappa shape index (κ1) is 16.7.